The van der Waals surface area contributed by atoms with Crippen LogP contribution in [0, 0.1) is 0 Å². The van der Waals surface area contributed by atoms with Crippen molar-refractivity contribution in [3.05, 3.63) is 72.4 Å². The molecular weight excluding hydrogens is 442 g/mol. The summed E-state index contributed by atoms with van der Waals surface area (Å²) in [5.74, 6) is 1.64. The van der Waals surface area contributed by atoms with E-state index in [4.69, 9.17) is 14.5 Å². The zero-order valence-electron chi connectivity index (χ0n) is 22.6. The Morgan fingerprint density at radius 3 is 1.97 bits per heavy atom. The van der Waals surface area contributed by atoms with E-state index in [2.05, 4.69) is 44.7 Å². The first kappa shape index (κ1) is 27.8. The lowest BCUT2D eigenvalue weighted by atomic mass is 10.0. The van der Waals surface area contributed by atoms with E-state index in [-0.39, 0.29) is 0 Å². The summed E-state index contributed by atoms with van der Waals surface area (Å²) >= 11 is 0. The van der Waals surface area contributed by atoms with Crippen LogP contribution in [0.15, 0.2) is 61.2 Å². The molecule has 0 aliphatic heterocycles. The fourth-order valence-electron chi connectivity index (χ4n) is 4.44. The molecule has 0 fully saturated rings. The Balaban J connectivity index is 1.65. The van der Waals surface area contributed by atoms with E-state index >= 15 is 0 Å². The lowest BCUT2D eigenvalue weighted by Crippen LogP contribution is -2.03. The molecule has 3 nitrogen and oxygen atoms in total. The topological polar surface area (TPSA) is 31.4 Å². The largest absolute Gasteiger partial charge is 0.490 e. The lowest BCUT2D eigenvalue weighted by molar-refractivity contribution is 0.258. The number of fused-ring (bicyclic) bond motifs is 1. The third-order valence-electron chi connectivity index (χ3n) is 6.71. The third kappa shape index (κ3) is 9.00. The van der Waals surface area contributed by atoms with E-state index in [9.17, 15) is 0 Å². The van der Waals surface area contributed by atoms with Gasteiger partial charge in [0.2, 0.25) is 0 Å². The van der Waals surface area contributed by atoms with Gasteiger partial charge in [-0.05, 0) is 42.7 Å². The normalized spacial score (nSPS) is 11.1. The fraction of sp³-hybridized carbons (Fsp3) is 0.485. The van der Waals surface area contributed by atoms with Gasteiger partial charge in [-0.3, -0.25) is 0 Å². The van der Waals surface area contributed by atoms with E-state index in [1.165, 1.54) is 64.2 Å². The number of hydrogen-bond donors (Lipinski definition) is 0. The Bertz CT molecular complexity index is 1060. The number of nitrogens with zero attached hydrogens (tertiary/aromatic N) is 1. The molecule has 0 unspecified atom stereocenters. The maximum atomic E-state index is 6.26. The zero-order chi connectivity index (χ0) is 25.4. The van der Waals surface area contributed by atoms with Crippen molar-refractivity contribution < 1.29 is 9.47 Å². The zero-order valence-corrected chi connectivity index (χ0v) is 22.6. The van der Waals surface area contributed by atoms with Gasteiger partial charge in [-0.2, -0.15) is 0 Å². The number of pyridine rings is 1. The van der Waals surface area contributed by atoms with Gasteiger partial charge in [0.05, 0.1) is 24.4 Å². The maximum Gasteiger partial charge on any atom is 0.161 e. The molecule has 3 rings (SSSR count). The molecule has 0 amide bonds. The van der Waals surface area contributed by atoms with Crippen LogP contribution in [0.2, 0.25) is 0 Å². The van der Waals surface area contributed by atoms with E-state index in [0.29, 0.717) is 6.61 Å². The minimum absolute atomic E-state index is 0.712. The second-order valence-electron chi connectivity index (χ2n) is 9.76. The van der Waals surface area contributed by atoms with Crippen LogP contribution in [0.3, 0.4) is 0 Å². The van der Waals surface area contributed by atoms with Gasteiger partial charge in [-0.15, -0.1) is 0 Å². The highest BCUT2D eigenvalue weighted by molar-refractivity contribution is 5.84. The molecule has 0 saturated heterocycles. The summed E-state index contributed by atoms with van der Waals surface area (Å²) in [5.41, 5.74) is 3.78. The van der Waals surface area contributed by atoms with Crippen molar-refractivity contribution in [2.45, 2.75) is 90.9 Å². The van der Waals surface area contributed by atoms with Crippen LogP contribution in [0.1, 0.15) is 102 Å². The molecule has 0 spiro atoms. The van der Waals surface area contributed by atoms with Crippen LogP contribution < -0.4 is 9.47 Å². The van der Waals surface area contributed by atoms with Crippen molar-refractivity contribution in [3.63, 3.8) is 0 Å². The summed E-state index contributed by atoms with van der Waals surface area (Å²) in [5, 5.41) is 1.13. The minimum atomic E-state index is 0.712. The predicted molar refractivity (Wildman–Crippen MR) is 154 cm³/mol. The number of rotatable bonds is 18. The molecule has 0 saturated carbocycles. The van der Waals surface area contributed by atoms with Gasteiger partial charge in [0, 0.05) is 11.0 Å². The SMILES string of the molecule is C=C(c1ccc(OCCCCCCCC)c(OCCCCCCCC)c1)c1ccc2ccccc2n1. The predicted octanol–water partition coefficient (Wildman–Crippen LogP) is 9.77. The molecule has 3 aromatic rings. The number of unbranched alkanes of at least 4 members (excludes halogenated alkanes) is 10. The van der Waals surface area contributed by atoms with Gasteiger partial charge < -0.3 is 9.47 Å². The van der Waals surface area contributed by atoms with Crippen molar-refractivity contribution in [3.8, 4) is 11.5 Å². The van der Waals surface area contributed by atoms with Crippen LogP contribution >= 0.6 is 0 Å². The van der Waals surface area contributed by atoms with Gasteiger partial charge in [0.1, 0.15) is 0 Å². The van der Waals surface area contributed by atoms with Gasteiger partial charge in [-0.25, -0.2) is 4.98 Å². The van der Waals surface area contributed by atoms with Crippen molar-refractivity contribution in [2.75, 3.05) is 13.2 Å². The van der Waals surface area contributed by atoms with Gasteiger partial charge in [0.15, 0.2) is 11.5 Å². The molecule has 1 heterocycles. The van der Waals surface area contributed by atoms with Crippen LogP contribution in [-0.4, -0.2) is 18.2 Å². The molecule has 0 N–H and O–H groups in total. The van der Waals surface area contributed by atoms with Gasteiger partial charge in [0.25, 0.3) is 0 Å². The summed E-state index contributed by atoms with van der Waals surface area (Å²) in [4.78, 5) is 4.83. The number of hydrogen-bond acceptors (Lipinski definition) is 3. The maximum absolute atomic E-state index is 6.26. The summed E-state index contributed by atoms with van der Waals surface area (Å²) < 4.78 is 12.4. The Kier molecular flexibility index (Phi) is 12.4. The van der Waals surface area contributed by atoms with Crippen molar-refractivity contribution in [2.24, 2.45) is 0 Å². The molecule has 1 aromatic heterocycles. The second-order valence-corrected chi connectivity index (χ2v) is 9.76. The highest BCUT2D eigenvalue weighted by Crippen LogP contribution is 2.33. The second kappa shape index (κ2) is 16.0. The van der Waals surface area contributed by atoms with E-state index in [1.54, 1.807) is 0 Å². The molecule has 0 radical (unpaired) electrons. The van der Waals surface area contributed by atoms with E-state index < -0.39 is 0 Å². The van der Waals surface area contributed by atoms with Crippen LogP contribution in [0.25, 0.3) is 16.5 Å². The molecule has 2 aromatic carbocycles. The Morgan fingerprint density at radius 1 is 0.667 bits per heavy atom. The van der Waals surface area contributed by atoms with E-state index in [1.807, 2.05) is 30.3 Å². The minimum Gasteiger partial charge on any atom is -0.490 e. The Labute approximate surface area is 218 Å². The average molecular weight is 488 g/mol. The number of para-hydroxylation sites is 1. The summed E-state index contributed by atoms with van der Waals surface area (Å²) in [7, 11) is 0. The van der Waals surface area contributed by atoms with Crippen LogP contribution in [-0.2, 0) is 0 Å². The van der Waals surface area contributed by atoms with Crippen molar-refractivity contribution in [1.29, 1.82) is 0 Å². The van der Waals surface area contributed by atoms with Gasteiger partial charge in [-0.1, -0.05) is 115 Å². The number of aromatic nitrogens is 1. The van der Waals surface area contributed by atoms with Crippen LogP contribution in [0.5, 0.6) is 11.5 Å². The average Bonchev–Trinajstić information content (AvgIpc) is 2.92. The standard InChI is InChI=1S/C33H45NO2/c1-4-6-8-10-12-16-24-35-32-23-21-29(26-33(32)36-25-17-13-11-9-7-5-2)27(3)30-22-20-28-18-14-15-19-31(28)34-30/h14-15,18-23,26H,3-13,16-17,24-25H2,1-2H3. The lowest BCUT2D eigenvalue weighted by Gasteiger charge is -2.15. The molecule has 0 bridgehead atoms. The molecular formula is C33H45NO2. The number of ether oxygens (including phenoxy) is 2. The Morgan fingerprint density at radius 2 is 1.28 bits per heavy atom. The first-order valence-electron chi connectivity index (χ1n) is 14.2. The smallest absolute Gasteiger partial charge is 0.161 e. The molecule has 194 valence electrons. The fourth-order valence-corrected chi connectivity index (χ4v) is 4.44. The molecule has 36 heavy (non-hydrogen) atoms. The molecule has 3 heteroatoms. The first-order chi connectivity index (χ1) is 17.7. The van der Waals surface area contributed by atoms with E-state index in [0.717, 1.165) is 58.7 Å². The highest BCUT2D eigenvalue weighted by atomic mass is 16.5. The summed E-state index contributed by atoms with van der Waals surface area (Å²) in [6.07, 6.45) is 15.0. The monoisotopic (exact) mass is 487 g/mol. The highest BCUT2D eigenvalue weighted by Gasteiger charge is 2.12. The first-order valence-corrected chi connectivity index (χ1v) is 14.2. The molecule has 0 aliphatic carbocycles. The summed E-state index contributed by atoms with van der Waals surface area (Å²) in [6, 6.07) is 18.5. The van der Waals surface area contributed by atoms with Crippen LogP contribution in [0.4, 0.5) is 0 Å². The number of benzene rings is 2. The van der Waals surface area contributed by atoms with Crippen molar-refractivity contribution in [1.82, 2.24) is 4.98 Å². The summed E-state index contributed by atoms with van der Waals surface area (Å²) in [6.45, 7) is 10.3. The Hall–Kier alpha value is -2.81. The third-order valence-corrected chi connectivity index (χ3v) is 6.71. The quantitative estimate of drug-likeness (QED) is 0.167. The van der Waals surface area contributed by atoms with Crippen molar-refractivity contribution >= 4 is 16.5 Å². The molecule has 0 atom stereocenters. The molecule has 0 aliphatic rings. The van der Waals surface area contributed by atoms with Gasteiger partial charge >= 0.3 is 0 Å².